The molecular weight excluding hydrogens is 228 g/mol. The number of rotatable bonds is 8. The van der Waals surface area contributed by atoms with Gasteiger partial charge in [-0.2, -0.15) is 0 Å². The van der Waals surface area contributed by atoms with Gasteiger partial charge in [0.15, 0.2) is 0 Å². The fraction of sp³-hybridized carbons (Fsp3) is 0.929. The van der Waals surface area contributed by atoms with Crippen molar-refractivity contribution in [2.24, 2.45) is 17.6 Å². The fourth-order valence-corrected chi connectivity index (χ4v) is 2.71. The molecule has 0 radical (unpaired) electrons. The maximum Gasteiger partial charge on any atom is 0.220 e. The van der Waals surface area contributed by atoms with E-state index in [9.17, 15) is 9.90 Å². The molecule has 0 saturated heterocycles. The lowest BCUT2D eigenvalue weighted by molar-refractivity contribution is -0.121. The number of carbonyl (C=O) groups is 1. The van der Waals surface area contributed by atoms with Gasteiger partial charge in [0, 0.05) is 18.9 Å². The van der Waals surface area contributed by atoms with Crippen molar-refractivity contribution in [3.8, 4) is 0 Å². The standard InChI is InChI=1S/C14H28N2O2/c1-2-11(8-9-15)6-7-14(18)16-10-12-4-3-5-13(12)17/h11-13,17H,2-10,15H2,1H3,(H,16,18). The Bertz CT molecular complexity index is 246. The highest BCUT2D eigenvalue weighted by atomic mass is 16.3. The molecule has 1 aliphatic rings. The summed E-state index contributed by atoms with van der Waals surface area (Å²) in [6.07, 6.45) is 6.38. The van der Waals surface area contributed by atoms with E-state index in [4.69, 9.17) is 5.73 Å². The normalized spacial score (nSPS) is 25.1. The van der Waals surface area contributed by atoms with Crippen molar-refractivity contribution in [1.29, 1.82) is 0 Å². The van der Waals surface area contributed by atoms with E-state index in [1.807, 2.05) is 0 Å². The first-order valence-corrected chi connectivity index (χ1v) is 7.32. The van der Waals surface area contributed by atoms with Crippen molar-refractivity contribution < 1.29 is 9.90 Å². The zero-order chi connectivity index (χ0) is 13.4. The highest BCUT2D eigenvalue weighted by Gasteiger charge is 2.25. The molecule has 0 spiro atoms. The number of amides is 1. The molecule has 0 aromatic heterocycles. The smallest absolute Gasteiger partial charge is 0.220 e. The Hall–Kier alpha value is -0.610. The van der Waals surface area contributed by atoms with Crippen molar-refractivity contribution in [3.05, 3.63) is 0 Å². The molecule has 0 aromatic carbocycles. The zero-order valence-corrected chi connectivity index (χ0v) is 11.5. The Morgan fingerprint density at radius 1 is 1.44 bits per heavy atom. The second-order valence-corrected chi connectivity index (χ2v) is 5.45. The Balaban J connectivity index is 2.13. The molecule has 4 nitrogen and oxygen atoms in total. The van der Waals surface area contributed by atoms with Crippen LogP contribution in [0.2, 0.25) is 0 Å². The molecule has 1 rings (SSSR count). The van der Waals surface area contributed by atoms with Crippen LogP contribution in [0.15, 0.2) is 0 Å². The van der Waals surface area contributed by atoms with Gasteiger partial charge in [0.25, 0.3) is 0 Å². The molecule has 0 heterocycles. The highest BCUT2D eigenvalue weighted by molar-refractivity contribution is 5.75. The van der Waals surface area contributed by atoms with Crippen molar-refractivity contribution in [2.45, 2.75) is 58.0 Å². The third kappa shape index (κ3) is 5.36. The maximum atomic E-state index is 11.7. The fourth-order valence-electron chi connectivity index (χ4n) is 2.71. The van der Waals surface area contributed by atoms with E-state index in [0.717, 1.165) is 38.5 Å². The molecule has 3 unspecified atom stereocenters. The summed E-state index contributed by atoms with van der Waals surface area (Å²) in [6, 6.07) is 0. The van der Waals surface area contributed by atoms with Crippen LogP contribution in [0.3, 0.4) is 0 Å². The lowest BCUT2D eigenvalue weighted by Crippen LogP contribution is -2.32. The molecule has 1 saturated carbocycles. The topological polar surface area (TPSA) is 75.4 Å². The highest BCUT2D eigenvalue weighted by Crippen LogP contribution is 2.24. The predicted molar refractivity (Wildman–Crippen MR) is 73.0 cm³/mol. The van der Waals surface area contributed by atoms with Crippen molar-refractivity contribution in [2.75, 3.05) is 13.1 Å². The van der Waals surface area contributed by atoms with Gasteiger partial charge in [-0.3, -0.25) is 4.79 Å². The average molecular weight is 256 g/mol. The van der Waals surface area contributed by atoms with Gasteiger partial charge in [-0.25, -0.2) is 0 Å². The number of aliphatic hydroxyl groups excluding tert-OH is 1. The minimum Gasteiger partial charge on any atom is -0.393 e. The molecule has 3 atom stereocenters. The monoisotopic (exact) mass is 256 g/mol. The van der Waals surface area contributed by atoms with Crippen LogP contribution in [0.25, 0.3) is 0 Å². The largest absolute Gasteiger partial charge is 0.393 e. The number of aliphatic hydroxyl groups is 1. The molecule has 1 amide bonds. The van der Waals surface area contributed by atoms with Gasteiger partial charge in [-0.05, 0) is 38.1 Å². The lowest BCUT2D eigenvalue weighted by atomic mass is 9.96. The Morgan fingerprint density at radius 3 is 2.78 bits per heavy atom. The van der Waals surface area contributed by atoms with E-state index >= 15 is 0 Å². The van der Waals surface area contributed by atoms with Gasteiger partial charge in [0.1, 0.15) is 0 Å². The van der Waals surface area contributed by atoms with Gasteiger partial charge in [-0.15, -0.1) is 0 Å². The number of nitrogens with one attached hydrogen (secondary N) is 1. The first-order chi connectivity index (χ1) is 8.67. The van der Waals surface area contributed by atoms with E-state index < -0.39 is 0 Å². The van der Waals surface area contributed by atoms with Crippen LogP contribution in [0.1, 0.15) is 51.9 Å². The molecule has 4 N–H and O–H groups in total. The van der Waals surface area contributed by atoms with Gasteiger partial charge in [0.05, 0.1) is 6.10 Å². The van der Waals surface area contributed by atoms with Gasteiger partial charge in [-0.1, -0.05) is 19.8 Å². The maximum absolute atomic E-state index is 11.7. The second-order valence-electron chi connectivity index (χ2n) is 5.45. The number of nitrogens with two attached hydrogens (primary N) is 1. The van der Waals surface area contributed by atoms with Crippen molar-refractivity contribution >= 4 is 5.91 Å². The van der Waals surface area contributed by atoms with Crippen LogP contribution in [0, 0.1) is 11.8 Å². The summed E-state index contributed by atoms with van der Waals surface area (Å²) < 4.78 is 0. The predicted octanol–water partition coefficient (Wildman–Crippen LogP) is 1.42. The molecule has 0 bridgehead atoms. The van der Waals surface area contributed by atoms with E-state index in [-0.39, 0.29) is 17.9 Å². The summed E-state index contributed by atoms with van der Waals surface area (Å²) in [7, 11) is 0. The summed E-state index contributed by atoms with van der Waals surface area (Å²) in [5, 5.41) is 12.6. The van der Waals surface area contributed by atoms with Crippen LogP contribution in [-0.4, -0.2) is 30.2 Å². The van der Waals surface area contributed by atoms with Crippen LogP contribution < -0.4 is 11.1 Å². The second kappa shape index (κ2) is 8.48. The van der Waals surface area contributed by atoms with Crippen molar-refractivity contribution in [1.82, 2.24) is 5.32 Å². The molecule has 1 aliphatic carbocycles. The third-order valence-electron chi connectivity index (χ3n) is 4.11. The Labute approximate surface area is 110 Å². The van der Waals surface area contributed by atoms with Crippen molar-refractivity contribution in [3.63, 3.8) is 0 Å². The molecule has 106 valence electrons. The van der Waals surface area contributed by atoms with Gasteiger partial charge >= 0.3 is 0 Å². The summed E-state index contributed by atoms with van der Waals surface area (Å²) in [4.78, 5) is 11.7. The number of carbonyl (C=O) groups excluding carboxylic acids is 1. The number of hydrogen-bond acceptors (Lipinski definition) is 3. The lowest BCUT2D eigenvalue weighted by Gasteiger charge is -2.16. The van der Waals surface area contributed by atoms with Gasteiger partial charge in [0.2, 0.25) is 5.91 Å². The third-order valence-corrected chi connectivity index (χ3v) is 4.11. The van der Waals surface area contributed by atoms with Crippen LogP contribution in [0.5, 0.6) is 0 Å². The van der Waals surface area contributed by atoms with Crippen LogP contribution >= 0.6 is 0 Å². The Morgan fingerprint density at radius 2 is 2.22 bits per heavy atom. The first-order valence-electron chi connectivity index (χ1n) is 7.32. The molecule has 4 heteroatoms. The zero-order valence-electron chi connectivity index (χ0n) is 11.5. The minimum absolute atomic E-state index is 0.115. The quantitative estimate of drug-likeness (QED) is 0.615. The van der Waals surface area contributed by atoms with Crippen LogP contribution in [-0.2, 0) is 4.79 Å². The number of hydrogen-bond donors (Lipinski definition) is 3. The summed E-state index contributed by atoms with van der Waals surface area (Å²) >= 11 is 0. The van der Waals surface area contributed by atoms with E-state index in [2.05, 4.69) is 12.2 Å². The summed E-state index contributed by atoms with van der Waals surface area (Å²) in [5.41, 5.74) is 5.54. The molecule has 1 fully saturated rings. The first kappa shape index (κ1) is 15.4. The van der Waals surface area contributed by atoms with E-state index in [0.29, 0.717) is 25.4 Å². The summed E-state index contributed by atoms with van der Waals surface area (Å²) in [6.45, 7) is 3.48. The van der Waals surface area contributed by atoms with E-state index in [1.165, 1.54) is 0 Å². The van der Waals surface area contributed by atoms with Gasteiger partial charge < -0.3 is 16.2 Å². The molecule has 0 aliphatic heterocycles. The summed E-state index contributed by atoms with van der Waals surface area (Å²) in [5.74, 6) is 0.947. The molecule has 18 heavy (non-hydrogen) atoms. The molecular formula is C14H28N2O2. The van der Waals surface area contributed by atoms with E-state index in [1.54, 1.807) is 0 Å². The SMILES string of the molecule is CCC(CCN)CCC(=O)NCC1CCCC1O. The average Bonchev–Trinajstić information content (AvgIpc) is 2.77. The minimum atomic E-state index is -0.217. The molecule has 0 aromatic rings. The van der Waals surface area contributed by atoms with Crippen LogP contribution in [0.4, 0.5) is 0 Å². The Kier molecular flexibility index (Phi) is 7.28.